The van der Waals surface area contributed by atoms with Crippen LogP contribution in [0.5, 0.6) is 0 Å². The topological polar surface area (TPSA) is 93.5 Å². The summed E-state index contributed by atoms with van der Waals surface area (Å²) < 4.78 is 1.44. The van der Waals surface area contributed by atoms with E-state index in [9.17, 15) is 9.59 Å². The summed E-state index contributed by atoms with van der Waals surface area (Å²) in [6.07, 6.45) is 0.588. The van der Waals surface area contributed by atoms with Crippen LogP contribution in [-0.4, -0.2) is 31.0 Å². The molecule has 0 saturated carbocycles. The summed E-state index contributed by atoms with van der Waals surface area (Å²) >= 11 is 6.98. The fourth-order valence-electron chi connectivity index (χ4n) is 1.45. The van der Waals surface area contributed by atoms with Gasteiger partial charge in [-0.15, -0.1) is 5.10 Å². The minimum Gasteiger partial charge on any atom is -0.298 e. The summed E-state index contributed by atoms with van der Waals surface area (Å²) in [5.74, 6) is 0.444. The second-order valence-corrected chi connectivity index (χ2v) is 4.87. The Bertz CT molecular complexity index is 681. The highest BCUT2D eigenvalue weighted by molar-refractivity contribution is 7.99. The van der Waals surface area contributed by atoms with Gasteiger partial charge in [0.05, 0.1) is 5.56 Å². The van der Waals surface area contributed by atoms with Crippen molar-refractivity contribution in [1.82, 2.24) is 24.7 Å². The lowest BCUT2D eigenvalue weighted by molar-refractivity contribution is 0.112. The molecule has 9 heteroatoms. The Morgan fingerprint density at radius 1 is 1.47 bits per heavy atom. The molecule has 0 bridgehead atoms. The summed E-state index contributed by atoms with van der Waals surface area (Å²) in [7, 11) is 0. The maximum absolute atomic E-state index is 11.5. The first-order valence-corrected chi connectivity index (χ1v) is 6.58. The quantitative estimate of drug-likeness (QED) is 0.676. The van der Waals surface area contributed by atoms with E-state index in [1.54, 1.807) is 6.92 Å². The molecule has 0 saturated heterocycles. The van der Waals surface area contributed by atoms with Crippen molar-refractivity contribution in [2.45, 2.75) is 30.6 Å². The first-order chi connectivity index (χ1) is 9.06. The molecule has 0 aliphatic rings. The first-order valence-electron chi connectivity index (χ1n) is 5.39. The van der Waals surface area contributed by atoms with Crippen LogP contribution in [0, 0.1) is 6.92 Å². The number of aromatic nitrogens is 5. The van der Waals surface area contributed by atoms with Crippen LogP contribution in [0.15, 0.2) is 15.0 Å². The summed E-state index contributed by atoms with van der Waals surface area (Å²) in [5, 5.41) is 7.12. The lowest BCUT2D eigenvalue weighted by Crippen LogP contribution is -2.16. The zero-order valence-corrected chi connectivity index (χ0v) is 11.7. The summed E-state index contributed by atoms with van der Waals surface area (Å²) in [4.78, 5) is 30.5. The SMILES string of the molecule is CCn1c(Sc2nc(C)nc(Cl)c2C=O)n[nH]c1=O. The van der Waals surface area contributed by atoms with Crippen molar-refractivity contribution in [2.24, 2.45) is 0 Å². The number of halogens is 1. The van der Waals surface area contributed by atoms with E-state index in [1.807, 2.05) is 6.92 Å². The van der Waals surface area contributed by atoms with E-state index in [0.717, 1.165) is 11.8 Å². The standard InChI is InChI=1S/C10H10ClN5O2S/c1-3-16-9(18)14-15-10(16)19-8-6(4-17)7(11)12-5(2)13-8/h4H,3H2,1-2H3,(H,14,18). The highest BCUT2D eigenvalue weighted by Gasteiger charge is 2.16. The number of nitrogens with one attached hydrogen (secondary N) is 1. The van der Waals surface area contributed by atoms with Gasteiger partial charge in [-0.2, -0.15) is 0 Å². The molecule has 0 unspecified atom stereocenters. The van der Waals surface area contributed by atoms with Crippen molar-refractivity contribution >= 4 is 29.6 Å². The predicted molar refractivity (Wildman–Crippen MR) is 69.8 cm³/mol. The molecule has 0 radical (unpaired) electrons. The van der Waals surface area contributed by atoms with Gasteiger partial charge in [0, 0.05) is 6.54 Å². The molecule has 19 heavy (non-hydrogen) atoms. The zero-order valence-electron chi connectivity index (χ0n) is 10.2. The van der Waals surface area contributed by atoms with Crippen LogP contribution in [0.25, 0.3) is 0 Å². The Kier molecular flexibility index (Phi) is 4.01. The van der Waals surface area contributed by atoms with Gasteiger partial charge in [0.25, 0.3) is 0 Å². The highest BCUT2D eigenvalue weighted by atomic mass is 35.5. The Labute approximate surface area is 117 Å². The number of carbonyl (C=O) groups excluding carboxylic acids is 1. The van der Waals surface area contributed by atoms with Gasteiger partial charge < -0.3 is 0 Å². The molecular weight excluding hydrogens is 290 g/mol. The van der Waals surface area contributed by atoms with Crippen LogP contribution in [0.2, 0.25) is 5.15 Å². The van der Waals surface area contributed by atoms with Crippen molar-refractivity contribution in [3.8, 4) is 0 Å². The normalized spacial score (nSPS) is 10.7. The van der Waals surface area contributed by atoms with E-state index < -0.39 is 0 Å². The van der Waals surface area contributed by atoms with Crippen molar-refractivity contribution < 1.29 is 4.79 Å². The molecule has 1 N–H and O–H groups in total. The van der Waals surface area contributed by atoms with Gasteiger partial charge in [0.1, 0.15) is 16.0 Å². The minimum atomic E-state index is -0.311. The average Bonchev–Trinajstić information content (AvgIpc) is 2.69. The molecule has 2 aromatic heterocycles. The predicted octanol–water partition coefficient (Wildman–Crippen LogP) is 1.31. The molecular formula is C10H10ClN5O2S. The van der Waals surface area contributed by atoms with Crippen molar-refractivity contribution in [3.05, 3.63) is 27.0 Å². The van der Waals surface area contributed by atoms with Crippen LogP contribution in [0.4, 0.5) is 0 Å². The van der Waals surface area contributed by atoms with E-state index in [-0.39, 0.29) is 16.4 Å². The van der Waals surface area contributed by atoms with Gasteiger partial charge in [-0.1, -0.05) is 11.6 Å². The number of rotatable bonds is 4. The molecule has 0 aliphatic carbocycles. The average molecular weight is 300 g/mol. The molecule has 0 spiro atoms. The Morgan fingerprint density at radius 3 is 2.84 bits per heavy atom. The second kappa shape index (κ2) is 5.54. The molecule has 2 heterocycles. The largest absolute Gasteiger partial charge is 0.343 e. The third kappa shape index (κ3) is 2.69. The molecule has 2 aromatic rings. The second-order valence-electron chi connectivity index (χ2n) is 3.56. The smallest absolute Gasteiger partial charge is 0.298 e. The fourth-order valence-corrected chi connectivity index (χ4v) is 2.78. The minimum absolute atomic E-state index is 0.0888. The van der Waals surface area contributed by atoms with Crippen molar-refractivity contribution in [2.75, 3.05) is 0 Å². The molecule has 7 nitrogen and oxygen atoms in total. The number of aryl methyl sites for hydroxylation is 1. The number of H-pyrrole nitrogens is 1. The zero-order chi connectivity index (χ0) is 14.0. The van der Waals surface area contributed by atoms with E-state index in [0.29, 0.717) is 28.8 Å². The number of hydrogen-bond donors (Lipinski definition) is 1. The van der Waals surface area contributed by atoms with Gasteiger partial charge in [-0.25, -0.2) is 19.9 Å². The van der Waals surface area contributed by atoms with E-state index >= 15 is 0 Å². The van der Waals surface area contributed by atoms with E-state index in [2.05, 4.69) is 20.2 Å². The van der Waals surface area contributed by atoms with Gasteiger partial charge in [0.2, 0.25) is 0 Å². The molecule has 0 amide bonds. The lowest BCUT2D eigenvalue weighted by Gasteiger charge is -2.06. The third-order valence-electron chi connectivity index (χ3n) is 2.32. The number of nitrogens with zero attached hydrogens (tertiary/aromatic N) is 4. The maximum atomic E-state index is 11.5. The monoisotopic (exact) mass is 299 g/mol. The first kappa shape index (κ1) is 13.8. The van der Waals surface area contributed by atoms with Crippen LogP contribution < -0.4 is 5.69 Å². The van der Waals surface area contributed by atoms with Crippen LogP contribution in [0.1, 0.15) is 23.1 Å². The van der Waals surface area contributed by atoms with Gasteiger partial charge in [-0.05, 0) is 25.6 Å². The summed E-state index contributed by atoms with van der Waals surface area (Å²) in [6, 6.07) is 0. The molecule has 0 atom stereocenters. The molecule has 0 fully saturated rings. The van der Waals surface area contributed by atoms with Crippen LogP contribution >= 0.6 is 23.4 Å². The Morgan fingerprint density at radius 2 is 2.21 bits per heavy atom. The van der Waals surface area contributed by atoms with Crippen LogP contribution in [-0.2, 0) is 6.54 Å². The van der Waals surface area contributed by atoms with E-state index in [1.165, 1.54) is 4.57 Å². The fraction of sp³-hybridized carbons (Fsp3) is 0.300. The van der Waals surface area contributed by atoms with Gasteiger partial charge in [0.15, 0.2) is 11.4 Å². The van der Waals surface area contributed by atoms with E-state index in [4.69, 9.17) is 11.6 Å². The number of carbonyl (C=O) groups is 1. The Hall–Kier alpha value is -1.67. The van der Waals surface area contributed by atoms with Gasteiger partial charge >= 0.3 is 5.69 Å². The summed E-state index contributed by atoms with van der Waals surface area (Å²) in [5.41, 5.74) is -0.120. The van der Waals surface area contributed by atoms with Crippen LogP contribution in [0.3, 0.4) is 0 Å². The highest BCUT2D eigenvalue weighted by Crippen LogP contribution is 2.28. The number of hydrogen-bond acceptors (Lipinski definition) is 6. The lowest BCUT2D eigenvalue weighted by atomic mass is 10.4. The molecule has 0 aromatic carbocycles. The number of aromatic amines is 1. The molecule has 0 aliphatic heterocycles. The molecule has 2 rings (SSSR count). The molecule has 100 valence electrons. The maximum Gasteiger partial charge on any atom is 0.343 e. The number of aldehydes is 1. The van der Waals surface area contributed by atoms with Crippen molar-refractivity contribution in [3.63, 3.8) is 0 Å². The van der Waals surface area contributed by atoms with Crippen molar-refractivity contribution in [1.29, 1.82) is 0 Å². The third-order valence-corrected chi connectivity index (χ3v) is 3.61. The summed E-state index contributed by atoms with van der Waals surface area (Å²) in [6.45, 7) is 3.95. The van der Waals surface area contributed by atoms with Gasteiger partial charge in [-0.3, -0.25) is 9.36 Å². The Balaban J connectivity index is 2.48.